The molecule has 0 spiro atoms. The first-order chi connectivity index (χ1) is 18.6. The van der Waals surface area contributed by atoms with Gasteiger partial charge in [-0.3, -0.25) is 4.98 Å². The van der Waals surface area contributed by atoms with Crippen molar-refractivity contribution in [3.8, 4) is 28.7 Å². The number of rotatable bonds is 9. The monoisotopic (exact) mass is 519 g/mol. The number of methoxy groups -OCH3 is 1. The predicted molar refractivity (Wildman–Crippen MR) is 139 cm³/mol. The molecule has 2 N–H and O–H groups in total. The summed E-state index contributed by atoms with van der Waals surface area (Å²) in [7, 11) is 1.61. The Morgan fingerprint density at radius 3 is 2.50 bits per heavy atom. The van der Waals surface area contributed by atoms with Crippen molar-refractivity contribution in [3.63, 3.8) is 0 Å². The highest BCUT2D eigenvalue weighted by molar-refractivity contribution is 5.95. The number of pyridine rings is 1. The third-order valence-electron chi connectivity index (χ3n) is 5.69. The molecule has 1 aliphatic heterocycles. The second-order valence-corrected chi connectivity index (χ2v) is 8.33. The van der Waals surface area contributed by atoms with E-state index in [1.165, 1.54) is 12.1 Å². The van der Waals surface area contributed by atoms with Gasteiger partial charge in [0, 0.05) is 31.6 Å². The van der Waals surface area contributed by atoms with Gasteiger partial charge in [-0.05, 0) is 48.0 Å². The minimum atomic E-state index is -0.379. The molecule has 5 rings (SSSR count). The van der Waals surface area contributed by atoms with Crippen molar-refractivity contribution in [1.29, 1.82) is 0 Å². The van der Waals surface area contributed by atoms with Gasteiger partial charge in [-0.2, -0.15) is 0 Å². The van der Waals surface area contributed by atoms with Gasteiger partial charge < -0.3 is 34.3 Å². The smallest absolute Gasteiger partial charge is 0.319 e. The first-order valence-corrected chi connectivity index (χ1v) is 12.0. The van der Waals surface area contributed by atoms with Crippen molar-refractivity contribution in [2.24, 2.45) is 0 Å². The molecule has 0 aliphatic carbocycles. The standard InChI is InChI=1S/C28H26FN3O6/c1-34-12-13-35-24-16-22-25(27-26(24)36-14-15-37-27)23(10-11-30-22)38-21-8-6-20(7-9-21)32-28(33)31-17-18-2-4-19(29)5-3-18/h2-11,16H,12-15,17H2,1H3,(H2,31,32,33). The van der Waals surface area contributed by atoms with Crippen LogP contribution in [0.2, 0.25) is 0 Å². The molecule has 196 valence electrons. The van der Waals surface area contributed by atoms with Gasteiger partial charge in [-0.15, -0.1) is 0 Å². The minimum absolute atomic E-state index is 0.275. The normalized spacial score (nSPS) is 12.2. The molecule has 0 saturated heterocycles. The number of nitrogens with zero attached hydrogens (tertiary/aromatic N) is 1. The van der Waals surface area contributed by atoms with Gasteiger partial charge in [0.05, 0.1) is 17.5 Å². The summed E-state index contributed by atoms with van der Waals surface area (Å²) >= 11 is 0. The van der Waals surface area contributed by atoms with Crippen LogP contribution in [0.25, 0.3) is 10.9 Å². The lowest BCUT2D eigenvalue weighted by Gasteiger charge is -2.23. The molecule has 1 aliphatic rings. The number of carbonyl (C=O) groups excluding carboxylic acids is 1. The van der Waals surface area contributed by atoms with Crippen molar-refractivity contribution in [3.05, 3.63) is 78.2 Å². The highest BCUT2D eigenvalue weighted by Crippen LogP contribution is 2.48. The van der Waals surface area contributed by atoms with E-state index in [4.69, 9.17) is 23.7 Å². The number of halogens is 1. The van der Waals surface area contributed by atoms with Crippen molar-refractivity contribution in [1.82, 2.24) is 10.3 Å². The summed E-state index contributed by atoms with van der Waals surface area (Å²) < 4.78 is 41.9. The molecule has 0 bridgehead atoms. The molecule has 2 heterocycles. The molecular weight excluding hydrogens is 493 g/mol. The Bertz CT molecular complexity index is 1410. The number of anilines is 1. The Kier molecular flexibility index (Phi) is 7.70. The number of benzene rings is 3. The van der Waals surface area contributed by atoms with Gasteiger partial charge in [0.2, 0.25) is 5.75 Å². The SMILES string of the molecule is COCCOc1cc2nccc(Oc3ccc(NC(=O)NCc4ccc(F)cc4)cc3)c2c2c1OCCO2. The van der Waals surface area contributed by atoms with Crippen LogP contribution in [0.3, 0.4) is 0 Å². The van der Waals surface area contributed by atoms with Gasteiger partial charge in [0.15, 0.2) is 11.5 Å². The topological polar surface area (TPSA) is 100 Å². The maximum atomic E-state index is 13.0. The average molecular weight is 520 g/mol. The summed E-state index contributed by atoms with van der Waals surface area (Å²) in [6, 6.07) is 16.1. The van der Waals surface area contributed by atoms with Gasteiger partial charge in [-0.25, -0.2) is 9.18 Å². The lowest BCUT2D eigenvalue weighted by molar-refractivity contribution is 0.134. The number of amides is 2. The number of aromatic nitrogens is 1. The fourth-order valence-corrected chi connectivity index (χ4v) is 3.89. The second-order valence-electron chi connectivity index (χ2n) is 8.33. The Hall–Kier alpha value is -4.57. The van der Waals surface area contributed by atoms with Crippen LogP contribution in [0.1, 0.15) is 5.56 Å². The molecule has 0 saturated carbocycles. The Morgan fingerprint density at radius 1 is 0.974 bits per heavy atom. The fourth-order valence-electron chi connectivity index (χ4n) is 3.89. The summed E-state index contributed by atoms with van der Waals surface area (Å²) in [5.74, 6) is 2.32. The molecular formula is C28H26FN3O6. The van der Waals surface area contributed by atoms with Crippen LogP contribution < -0.4 is 29.6 Å². The molecule has 3 aromatic carbocycles. The van der Waals surface area contributed by atoms with Gasteiger partial charge in [-0.1, -0.05) is 12.1 Å². The van der Waals surface area contributed by atoms with Crippen LogP contribution in [-0.2, 0) is 11.3 Å². The maximum absolute atomic E-state index is 13.0. The number of nitrogens with one attached hydrogen (secondary N) is 2. The summed E-state index contributed by atoms with van der Waals surface area (Å²) in [6.45, 7) is 1.87. The van der Waals surface area contributed by atoms with E-state index in [1.807, 2.05) is 0 Å². The number of urea groups is 1. The second kappa shape index (κ2) is 11.7. The Balaban J connectivity index is 1.29. The zero-order valence-electron chi connectivity index (χ0n) is 20.7. The summed E-state index contributed by atoms with van der Waals surface area (Å²) in [5.41, 5.74) is 2.01. The molecule has 0 unspecified atom stereocenters. The van der Waals surface area contributed by atoms with E-state index < -0.39 is 0 Å². The fraction of sp³-hybridized carbons (Fsp3) is 0.214. The van der Waals surface area contributed by atoms with E-state index in [1.54, 1.807) is 61.8 Å². The van der Waals surface area contributed by atoms with Crippen LogP contribution in [0.4, 0.5) is 14.9 Å². The van der Waals surface area contributed by atoms with Crippen molar-refractivity contribution in [2.45, 2.75) is 6.54 Å². The molecule has 9 nitrogen and oxygen atoms in total. The molecule has 0 radical (unpaired) electrons. The molecule has 0 fully saturated rings. The third kappa shape index (κ3) is 5.87. The summed E-state index contributed by atoms with van der Waals surface area (Å²) in [4.78, 5) is 16.7. The number of hydrogen-bond donors (Lipinski definition) is 2. The van der Waals surface area contributed by atoms with Gasteiger partial charge >= 0.3 is 6.03 Å². The minimum Gasteiger partial charge on any atom is -0.487 e. The van der Waals surface area contributed by atoms with Crippen molar-refractivity contribution >= 4 is 22.6 Å². The van der Waals surface area contributed by atoms with Gasteiger partial charge in [0.1, 0.15) is 37.1 Å². The molecule has 10 heteroatoms. The number of ether oxygens (including phenoxy) is 5. The first-order valence-electron chi connectivity index (χ1n) is 12.0. The molecule has 0 atom stereocenters. The van der Waals surface area contributed by atoms with Crippen LogP contribution in [0.15, 0.2) is 66.9 Å². The lowest BCUT2D eigenvalue weighted by Crippen LogP contribution is -2.28. The molecule has 4 aromatic rings. The molecule has 1 aromatic heterocycles. The van der Waals surface area contributed by atoms with E-state index in [0.717, 1.165) is 5.56 Å². The van der Waals surface area contributed by atoms with Crippen LogP contribution in [0, 0.1) is 5.82 Å². The summed E-state index contributed by atoms with van der Waals surface area (Å²) in [6.07, 6.45) is 1.65. The molecule has 38 heavy (non-hydrogen) atoms. The number of hydrogen-bond acceptors (Lipinski definition) is 7. The van der Waals surface area contributed by atoms with E-state index in [2.05, 4.69) is 15.6 Å². The highest BCUT2D eigenvalue weighted by atomic mass is 19.1. The largest absolute Gasteiger partial charge is 0.487 e. The number of fused-ring (bicyclic) bond motifs is 3. The van der Waals surface area contributed by atoms with Crippen molar-refractivity contribution < 1.29 is 32.9 Å². The van der Waals surface area contributed by atoms with E-state index in [0.29, 0.717) is 71.8 Å². The van der Waals surface area contributed by atoms with Crippen LogP contribution >= 0.6 is 0 Å². The first kappa shape index (κ1) is 25.1. The quantitative estimate of drug-likeness (QED) is 0.290. The predicted octanol–water partition coefficient (Wildman–Crippen LogP) is 5.28. The van der Waals surface area contributed by atoms with E-state index >= 15 is 0 Å². The number of carbonyl (C=O) groups is 1. The summed E-state index contributed by atoms with van der Waals surface area (Å²) in [5, 5.41) is 6.17. The van der Waals surface area contributed by atoms with E-state index in [-0.39, 0.29) is 18.4 Å². The van der Waals surface area contributed by atoms with Crippen molar-refractivity contribution in [2.75, 3.05) is 38.9 Å². The lowest BCUT2D eigenvalue weighted by atomic mass is 10.1. The zero-order chi connectivity index (χ0) is 26.3. The van der Waals surface area contributed by atoms with Crippen LogP contribution in [0.5, 0.6) is 28.7 Å². The Labute approximate surface area is 218 Å². The van der Waals surface area contributed by atoms with Gasteiger partial charge in [0.25, 0.3) is 0 Å². The Morgan fingerprint density at radius 2 is 1.74 bits per heavy atom. The maximum Gasteiger partial charge on any atom is 0.319 e. The van der Waals surface area contributed by atoms with Crippen LogP contribution in [-0.4, -0.2) is 44.6 Å². The highest BCUT2D eigenvalue weighted by Gasteiger charge is 2.24. The average Bonchev–Trinajstić information content (AvgIpc) is 2.94. The third-order valence-corrected chi connectivity index (χ3v) is 5.69. The zero-order valence-corrected chi connectivity index (χ0v) is 20.7. The van der Waals surface area contributed by atoms with E-state index in [9.17, 15) is 9.18 Å². The molecule has 2 amide bonds.